The highest BCUT2D eigenvalue weighted by Gasteiger charge is 2.28. The molecule has 0 atom stereocenters. The zero-order chi connectivity index (χ0) is 26.5. The number of hydrogen-bond acceptors (Lipinski definition) is 10. The molecular weight excluding hydrogens is 530 g/mol. The van der Waals surface area contributed by atoms with Crippen LogP contribution in [0, 0.1) is 6.92 Å². The van der Waals surface area contributed by atoms with E-state index >= 15 is 0 Å². The van der Waals surface area contributed by atoms with Gasteiger partial charge in [-0.15, -0.1) is 5.10 Å². The Morgan fingerprint density at radius 2 is 1.76 bits per heavy atom. The van der Waals surface area contributed by atoms with Crippen molar-refractivity contribution in [2.45, 2.75) is 17.0 Å². The first-order valence-electron chi connectivity index (χ1n) is 12.2. The summed E-state index contributed by atoms with van der Waals surface area (Å²) in [6.07, 6.45) is 0. The number of morpholine rings is 2. The van der Waals surface area contributed by atoms with Crippen LogP contribution in [0.15, 0.2) is 52.5 Å². The van der Waals surface area contributed by atoms with Crippen LogP contribution in [0.2, 0.25) is 0 Å². The van der Waals surface area contributed by atoms with Crippen molar-refractivity contribution in [3.8, 4) is 5.69 Å². The molecule has 14 heteroatoms. The van der Waals surface area contributed by atoms with Gasteiger partial charge in [0.05, 0.1) is 54.1 Å². The molecule has 0 saturated carbocycles. The van der Waals surface area contributed by atoms with Crippen LogP contribution in [0.3, 0.4) is 0 Å². The molecule has 2 saturated heterocycles. The minimum atomic E-state index is -3.73. The van der Waals surface area contributed by atoms with E-state index < -0.39 is 10.0 Å². The Labute approximate surface area is 225 Å². The van der Waals surface area contributed by atoms with Crippen molar-refractivity contribution in [1.29, 1.82) is 0 Å². The average molecular weight is 560 g/mol. The molecule has 0 radical (unpaired) electrons. The summed E-state index contributed by atoms with van der Waals surface area (Å²) in [5.41, 5.74) is 3.05. The monoisotopic (exact) mass is 559 g/mol. The van der Waals surface area contributed by atoms with Gasteiger partial charge in [-0.25, -0.2) is 8.42 Å². The average Bonchev–Trinajstić information content (AvgIpc) is 3.42. The highest BCUT2D eigenvalue weighted by atomic mass is 32.2. The number of hydrogen-bond donors (Lipinski definition) is 1. The fraction of sp³-hybridized carbons (Fsp3) is 0.417. The second-order valence-corrected chi connectivity index (χ2v) is 11.7. The van der Waals surface area contributed by atoms with Gasteiger partial charge in [-0.3, -0.25) is 4.79 Å². The Bertz CT molecular complexity index is 1390. The number of nitrogens with zero attached hydrogens (tertiary/aromatic N) is 6. The molecule has 0 bridgehead atoms. The number of nitrogens with one attached hydrogen (secondary N) is 1. The molecule has 1 N–H and O–H groups in total. The summed E-state index contributed by atoms with van der Waals surface area (Å²) in [4.78, 5) is 15.3. The molecule has 1 amide bonds. The summed E-state index contributed by atoms with van der Waals surface area (Å²) in [5.74, 6) is -0.265. The maximum absolute atomic E-state index is 13.3. The molecule has 2 aliphatic heterocycles. The molecule has 0 aliphatic carbocycles. The number of benzene rings is 2. The summed E-state index contributed by atoms with van der Waals surface area (Å²) in [5, 5.41) is 15.3. The topological polar surface area (TPSA) is 132 Å². The van der Waals surface area contributed by atoms with Gasteiger partial charge < -0.3 is 19.7 Å². The number of tetrazole rings is 1. The van der Waals surface area contributed by atoms with Crippen molar-refractivity contribution in [3.63, 3.8) is 0 Å². The van der Waals surface area contributed by atoms with Crippen LogP contribution in [0.5, 0.6) is 0 Å². The highest BCUT2D eigenvalue weighted by molar-refractivity contribution is 7.99. The number of anilines is 2. The second kappa shape index (κ2) is 11.8. The lowest BCUT2D eigenvalue weighted by Gasteiger charge is -2.31. The molecule has 2 aliphatic rings. The van der Waals surface area contributed by atoms with Gasteiger partial charge in [0.2, 0.25) is 21.1 Å². The fourth-order valence-electron chi connectivity index (χ4n) is 4.30. The van der Waals surface area contributed by atoms with E-state index in [4.69, 9.17) is 9.47 Å². The Hall–Kier alpha value is -3.04. The second-order valence-electron chi connectivity index (χ2n) is 8.84. The minimum Gasteiger partial charge on any atom is -0.379 e. The lowest BCUT2D eigenvalue weighted by Crippen LogP contribution is -2.40. The predicted octanol–water partition coefficient (Wildman–Crippen LogP) is 1.56. The molecule has 38 heavy (non-hydrogen) atoms. The largest absolute Gasteiger partial charge is 0.379 e. The molecule has 3 heterocycles. The number of carbonyl (C=O) groups is 1. The standard InChI is InChI=1S/C24H29N7O5S2/c1-18-3-2-4-19(15-18)31-24(26-27-28-31)37-17-23(32)25-21-16-20(38(33,34)30-9-13-36-14-10-30)5-6-22(21)29-7-11-35-12-8-29/h2-6,15-16H,7-14,17H2,1H3,(H,25,32). The van der Waals surface area contributed by atoms with Crippen molar-refractivity contribution < 1.29 is 22.7 Å². The molecule has 12 nitrogen and oxygen atoms in total. The van der Waals surface area contributed by atoms with Crippen molar-refractivity contribution >= 4 is 39.1 Å². The van der Waals surface area contributed by atoms with Gasteiger partial charge in [0.25, 0.3) is 0 Å². The summed E-state index contributed by atoms with van der Waals surface area (Å²) in [6, 6.07) is 12.6. The molecule has 2 aromatic carbocycles. The summed E-state index contributed by atoms with van der Waals surface area (Å²) >= 11 is 1.20. The first-order valence-corrected chi connectivity index (χ1v) is 14.7. The normalized spacial score (nSPS) is 16.9. The van der Waals surface area contributed by atoms with Crippen molar-refractivity contribution in [3.05, 3.63) is 48.0 Å². The molecular formula is C24H29N7O5S2. The zero-order valence-electron chi connectivity index (χ0n) is 20.9. The number of thioether (sulfide) groups is 1. The van der Waals surface area contributed by atoms with E-state index in [1.165, 1.54) is 22.1 Å². The van der Waals surface area contributed by atoms with Crippen molar-refractivity contribution in [2.75, 3.05) is 68.6 Å². The number of ether oxygens (including phenoxy) is 2. The van der Waals surface area contributed by atoms with Crippen LogP contribution in [0.4, 0.5) is 11.4 Å². The number of sulfonamides is 1. The van der Waals surface area contributed by atoms with Gasteiger partial charge in [0.1, 0.15) is 0 Å². The van der Waals surface area contributed by atoms with Crippen LogP contribution in [-0.4, -0.2) is 97.2 Å². The third kappa shape index (κ3) is 5.99. The van der Waals surface area contributed by atoms with Gasteiger partial charge in [-0.2, -0.15) is 8.99 Å². The van der Waals surface area contributed by atoms with Crippen LogP contribution < -0.4 is 10.2 Å². The van der Waals surface area contributed by atoms with E-state index in [-0.39, 0.29) is 16.6 Å². The summed E-state index contributed by atoms with van der Waals surface area (Å²) in [7, 11) is -3.73. The Morgan fingerprint density at radius 3 is 2.50 bits per heavy atom. The van der Waals surface area contributed by atoms with Crippen LogP contribution in [0.1, 0.15) is 5.56 Å². The van der Waals surface area contributed by atoms with Crippen LogP contribution >= 0.6 is 11.8 Å². The van der Waals surface area contributed by atoms with Crippen molar-refractivity contribution in [1.82, 2.24) is 24.5 Å². The van der Waals surface area contributed by atoms with E-state index in [0.29, 0.717) is 63.5 Å². The van der Waals surface area contributed by atoms with Crippen LogP contribution in [-0.2, 0) is 24.3 Å². The maximum Gasteiger partial charge on any atom is 0.243 e. The Morgan fingerprint density at radius 1 is 1.03 bits per heavy atom. The molecule has 3 aromatic rings. The summed E-state index contributed by atoms with van der Waals surface area (Å²) in [6.45, 7) is 5.66. The number of aromatic nitrogens is 4. The van der Waals surface area contributed by atoms with Gasteiger partial charge >= 0.3 is 0 Å². The van der Waals surface area contributed by atoms with Gasteiger partial charge in [-0.1, -0.05) is 23.9 Å². The molecule has 2 fully saturated rings. The Kier molecular flexibility index (Phi) is 8.24. The first kappa shape index (κ1) is 26.6. The van der Waals surface area contributed by atoms with Gasteiger partial charge in [0.15, 0.2) is 0 Å². The molecule has 0 unspecified atom stereocenters. The van der Waals surface area contributed by atoms with E-state index in [1.807, 2.05) is 31.2 Å². The predicted molar refractivity (Wildman–Crippen MR) is 142 cm³/mol. The highest BCUT2D eigenvalue weighted by Crippen LogP contribution is 2.31. The number of carbonyl (C=O) groups excluding carboxylic acids is 1. The van der Waals surface area contributed by atoms with Gasteiger partial charge in [0, 0.05) is 26.2 Å². The third-order valence-corrected chi connectivity index (χ3v) is 9.04. The number of amides is 1. The van der Waals surface area contributed by atoms with Gasteiger partial charge in [-0.05, 0) is 53.2 Å². The lowest BCUT2D eigenvalue weighted by molar-refractivity contribution is -0.113. The third-order valence-electron chi connectivity index (χ3n) is 6.22. The quantitative estimate of drug-likeness (QED) is 0.406. The first-order chi connectivity index (χ1) is 18.4. The van der Waals surface area contributed by atoms with E-state index in [1.54, 1.807) is 16.8 Å². The molecule has 202 valence electrons. The van der Waals surface area contributed by atoms with E-state index in [9.17, 15) is 13.2 Å². The maximum atomic E-state index is 13.3. The fourth-order valence-corrected chi connectivity index (χ4v) is 6.42. The smallest absolute Gasteiger partial charge is 0.243 e. The van der Waals surface area contributed by atoms with Crippen LogP contribution in [0.25, 0.3) is 5.69 Å². The summed E-state index contributed by atoms with van der Waals surface area (Å²) < 4.78 is 40.3. The molecule has 5 rings (SSSR count). The minimum absolute atomic E-state index is 0.0369. The SMILES string of the molecule is Cc1cccc(-n2nnnc2SCC(=O)Nc2cc(S(=O)(=O)N3CCOCC3)ccc2N2CCOCC2)c1. The van der Waals surface area contributed by atoms with E-state index in [2.05, 4.69) is 25.7 Å². The Balaban J connectivity index is 1.35. The number of aryl methyl sites for hydroxylation is 1. The number of rotatable bonds is 8. The lowest BCUT2D eigenvalue weighted by atomic mass is 10.2. The van der Waals surface area contributed by atoms with E-state index in [0.717, 1.165) is 16.9 Å². The van der Waals surface area contributed by atoms with Crippen molar-refractivity contribution in [2.24, 2.45) is 0 Å². The zero-order valence-corrected chi connectivity index (χ0v) is 22.6. The molecule has 0 spiro atoms. The molecule has 1 aromatic heterocycles.